The molecule has 0 bridgehead atoms. The van der Waals surface area contributed by atoms with Gasteiger partial charge in [-0.15, -0.1) is 0 Å². The van der Waals surface area contributed by atoms with Crippen molar-refractivity contribution in [1.29, 1.82) is 0 Å². The fourth-order valence-corrected chi connectivity index (χ4v) is 5.90. The van der Waals surface area contributed by atoms with Crippen molar-refractivity contribution in [3.8, 4) is 11.3 Å². The fraction of sp³-hybridized carbons (Fsp3) is 0.217. The summed E-state index contributed by atoms with van der Waals surface area (Å²) in [6, 6.07) is 18.5. The summed E-state index contributed by atoms with van der Waals surface area (Å²) in [5, 5.41) is 10.1. The molecule has 1 fully saturated rings. The SMILES string of the molecule is O=C(O)c1ccc([C@@H]2CCCN2S(=O)(=O)Cc2ccccc2)nc1-c1cccc(Cl)c1. The van der Waals surface area contributed by atoms with Crippen LogP contribution in [0.5, 0.6) is 0 Å². The van der Waals surface area contributed by atoms with E-state index in [2.05, 4.69) is 4.98 Å². The third-order valence-corrected chi connectivity index (χ3v) is 7.42. The average molecular weight is 457 g/mol. The van der Waals surface area contributed by atoms with Crippen molar-refractivity contribution in [1.82, 2.24) is 9.29 Å². The van der Waals surface area contributed by atoms with Gasteiger partial charge in [0.1, 0.15) is 0 Å². The van der Waals surface area contributed by atoms with Gasteiger partial charge < -0.3 is 5.11 Å². The number of carboxylic acids is 1. The lowest BCUT2D eigenvalue weighted by atomic mass is 10.0. The monoisotopic (exact) mass is 456 g/mol. The predicted octanol–water partition coefficient (Wildman–Crippen LogP) is 4.77. The quantitative estimate of drug-likeness (QED) is 0.577. The molecule has 1 aromatic heterocycles. The maximum atomic E-state index is 13.1. The molecule has 2 heterocycles. The smallest absolute Gasteiger partial charge is 0.337 e. The second-order valence-electron chi connectivity index (χ2n) is 7.46. The zero-order valence-corrected chi connectivity index (χ0v) is 18.2. The van der Waals surface area contributed by atoms with Crippen LogP contribution < -0.4 is 0 Å². The summed E-state index contributed by atoms with van der Waals surface area (Å²) in [4.78, 5) is 16.4. The molecular formula is C23H21ClN2O4S. The van der Waals surface area contributed by atoms with E-state index < -0.39 is 22.0 Å². The van der Waals surface area contributed by atoms with Crippen molar-refractivity contribution in [3.05, 3.63) is 88.6 Å². The van der Waals surface area contributed by atoms with E-state index in [1.165, 1.54) is 10.4 Å². The van der Waals surface area contributed by atoms with E-state index in [9.17, 15) is 18.3 Å². The van der Waals surface area contributed by atoms with Gasteiger partial charge in [-0.3, -0.25) is 4.98 Å². The number of sulfonamides is 1. The highest BCUT2D eigenvalue weighted by atomic mass is 35.5. The second-order valence-corrected chi connectivity index (χ2v) is 9.82. The summed E-state index contributed by atoms with van der Waals surface area (Å²) in [7, 11) is -3.57. The van der Waals surface area contributed by atoms with Crippen LogP contribution in [0, 0.1) is 0 Å². The van der Waals surface area contributed by atoms with Crippen molar-refractivity contribution in [3.63, 3.8) is 0 Å². The summed E-state index contributed by atoms with van der Waals surface area (Å²) in [5.41, 5.74) is 2.15. The predicted molar refractivity (Wildman–Crippen MR) is 119 cm³/mol. The average Bonchev–Trinajstić information content (AvgIpc) is 3.25. The highest BCUT2D eigenvalue weighted by Crippen LogP contribution is 2.36. The van der Waals surface area contributed by atoms with Gasteiger partial charge in [0, 0.05) is 17.1 Å². The van der Waals surface area contributed by atoms with Crippen LogP contribution in [-0.4, -0.2) is 35.3 Å². The molecule has 1 N–H and O–H groups in total. The molecule has 0 unspecified atom stereocenters. The van der Waals surface area contributed by atoms with Gasteiger partial charge >= 0.3 is 5.97 Å². The minimum atomic E-state index is -3.57. The molecule has 160 valence electrons. The Morgan fingerprint density at radius 3 is 2.58 bits per heavy atom. The maximum Gasteiger partial charge on any atom is 0.337 e. The Balaban J connectivity index is 1.71. The van der Waals surface area contributed by atoms with E-state index in [4.69, 9.17) is 11.6 Å². The second kappa shape index (κ2) is 8.78. The summed E-state index contributed by atoms with van der Waals surface area (Å²) in [6.07, 6.45) is 1.34. The normalized spacial score (nSPS) is 17.0. The Labute approximate surface area is 186 Å². The number of hydrogen-bond donors (Lipinski definition) is 1. The largest absolute Gasteiger partial charge is 0.478 e. The molecule has 1 aliphatic rings. The molecule has 4 rings (SSSR count). The molecule has 1 saturated heterocycles. The van der Waals surface area contributed by atoms with Crippen LogP contribution in [-0.2, 0) is 15.8 Å². The Hall–Kier alpha value is -2.74. The molecule has 1 atom stereocenters. The zero-order valence-electron chi connectivity index (χ0n) is 16.6. The lowest BCUT2D eigenvalue weighted by molar-refractivity contribution is 0.0697. The van der Waals surface area contributed by atoms with Crippen molar-refractivity contribution in [2.45, 2.75) is 24.6 Å². The highest BCUT2D eigenvalue weighted by Gasteiger charge is 2.36. The highest BCUT2D eigenvalue weighted by molar-refractivity contribution is 7.88. The number of rotatable bonds is 6. The molecule has 0 amide bonds. The Kier molecular flexibility index (Phi) is 6.09. The van der Waals surface area contributed by atoms with Gasteiger partial charge in [-0.1, -0.05) is 54.1 Å². The number of aromatic carboxylic acids is 1. The van der Waals surface area contributed by atoms with Gasteiger partial charge in [0.2, 0.25) is 10.0 Å². The standard InChI is InChI=1S/C23H21ClN2O4S/c24-18-9-4-8-17(14-18)22-19(23(27)28)11-12-20(25-22)21-10-5-13-26(21)31(29,30)15-16-6-2-1-3-7-16/h1-4,6-9,11-12,14,21H,5,10,13,15H2,(H,27,28)/t21-/m0/s1. The lowest BCUT2D eigenvalue weighted by Gasteiger charge is -2.24. The van der Waals surface area contributed by atoms with Crippen LogP contribution in [0.25, 0.3) is 11.3 Å². The number of carbonyl (C=O) groups is 1. The van der Waals surface area contributed by atoms with Gasteiger partial charge in [-0.2, -0.15) is 4.31 Å². The van der Waals surface area contributed by atoms with E-state index in [0.717, 1.165) is 5.56 Å². The Morgan fingerprint density at radius 2 is 1.87 bits per heavy atom. The van der Waals surface area contributed by atoms with Crippen molar-refractivity contribution >= 4 is 27.6 Å². The number of nitrogens with zero attached hydrogens (tertiary/aromatic N) is 2. The van der Waals surface area contributed by atoms with Gasteiger partial charge in [-0.05, 0) is 42.7 Å². The Morgan fingerprint density at radius 1 is 1.10 bits per heavy atom. The number of benzene rings is 2. The van der Waals surface area contributed by atoms with Crippen LogP contribution in [0.4, 0.5) is 0 Å². The maximum absolute atomic E-state index is 13.1. The number of pyridine rings is 1. The lowest BCUT2D eigenvalue weighted by Crippen LogP contribution is -2.32. The van der Waals surface area contributed by atoms with Crippen molar-refractivity contribution in [2.75, 3.05) is 6.54 Å². The van der Waals surface area contributed by atoms with Crippen LogP contribution in [0.15, 0.2) is 66.7 Å². The summed E-state index contributed by atoms with van der Waals surface area (Å²) in [5.74, 6) is -1.19. The molecule has 0 aliphatic carbocycles. The van der Waals surface area contributed by atoms with Crippen molar-refractivity contribution < 1.29 is 18.3 Å². The van der Waals surface area contributed by atoms with Crippen LogP contribution in [0.2, 0.25) is 5.02 Å². The van der Waals surface area contributed by atoms with Crippen LogP contribution in [0.3, 0.4) is 0 Å². The van der Waals surface area contributed by atoms with Gasteiger partial charge in [0.25, 0.3) is 0 Å². The molecule has 3 aromatic rings. The van der Waals surface area contributed by atoms with Gasteiger partial charge in [-0.25, -0.2) is 13.2 Å². The third-order valence-electron chi connectivity index (χ3n) is 5.34. The number of aromatic nitrogens is 1. The van der Waals surface area contributed by atoms with Crippen molar-refractivity contribution in [2.24, 2.45) is 0 Å². The van der Waals surface area contributed by atoms with Crippen LogP contribution in [0.1, 0.15) is 40.5 Å². The molecular weight excluding hydrogens is 436 g/mol. The van der Waals surface area contributed by atoms with E-state index in [1.807, 2.05) is 18.2 Å². The topological polar surface area (TPSA) is 87.6 Å². The minimum Gasteiger partial charge on any atom is -0.478 e. The van der Waals surface area contributed by atoms with E-state index >= 15 is 0 Å². The number of hydrogen-bond acceptors (Lipinski definition) is 4. The summed E-state index contributed by atoms with van der Waals surface area (Å²) >= 11 is 6.09. The van der Waals surface area contributed by atoms with Crippen LogP contribution >= 0.6 is 11.6 Å². The van der Waals surface area contributed by atoms with E-state index in [-0.39, 0.29) is 17.0 Å². The molecule has 8 heteroatoms. The number of carboxylic acid groups (broad SMARTS) is 1. The molecule has 0 saturated carbocycles. The Bertz CT molecular complexity index is 1220. The first-order valence-corrected chi connectivity index (χ1v) is 11.9. The summed E-state index contributed by atoms with van der Waals surface area (Å²) < 4.78 is 27.8. The first-order chi connectivity index (χ1) is 14.8. The van der Waals surface area contributed by atoms with E-state index in [0.29, 0.717) is 35.7 Å². The van der Waals surface area contributed by atoms with Gasteiger partial charge in [0.05, 0.1) is 28.7 Å². The molecule has 2 aromatic carbocycles. The molecule has 0 spiro atoms. The first-order valence-electron chi connectivity index (χ1n) is 9.89. The number of halogens is 1. The van der Waals surface area contributed by atoms with E-state index in [1.54, 1.807) is 42.5 Å². The van der Waals surface area contributed by atoms with Gasteiger partial charge in [0.15, 0.2) is 0 Å². The first kappa shape index (κ1) is 21.5. The molecule has 0 radical (unpaired) electrons. The minimum absolute atomic E-state index is 0.0442. The molecule has 6 nitrogen and oxygen atoms in total. The summed E-state index contributed by atoms with van der Waals surface area (Å²) in [6.45, 7) is 0.411. The molecule has 31 heavy (non-hydrogen) atoms. The fourth-order valence-electron chi connectivity index (χ4n) is 3.92. The third kappa shape index (κ3) is 4.63. The molecule has 1 aliphatic heterocycles. The zero-order chi connectivity index (χ0) is 22.0.